The lowest BCUT2D eigenvalue weighted by Gasteiger charge is -2.55. The van der Waals surface area contributed by atoms with Gasteiger partial charge in [-0.2, -0.15) is 0 Å². The lowest BCUT2D eigenvalue weighted by molar-refractivity contribution is -0.0465. The Kier molecular flexibility index (Phi) is 1.76. The number of rotatable bonds is 1. The van der Waals surface area contributed by atoms with Crippen molar-refractivity contribution in [3.8, 4) is 0 Å². The van der Waals surface area contributed by atoms with Crippen molar-refractivity contribution in [2.45, 2.75) is 40.0 Å². The van der Waals surface area contributed by atoms with E-state index in [0.717, 1.165) is 11.3 Å². The lowest BCUT2D eigenvalue weighted by atomic mass is 9.49. The SMILES string of the molecule is CC(C)C1(C)CC2(CCNC2)C1. The van der Waals surface area contributed by atoms with Crippen molar-refractivity contribution >= 4 is 0 Å². The predicted octanol–water partition coefficient (Wildman–Crippen LogP) is 2.42. The molecular formula is C11H21N. The molecule has 1 aliphatic heterocycles. The number of hydrogen-bond donors (Lipinski definition) is 1. The highest BCUT2D eigenvalue weighted by Crippen LogP contribution is 2.60. The van der Waals surface area contributed by atoms with Gasteiger partial charge in [0.05, 0.1) is 0 Å². The first-order chi connectivity index (χ1) is 5.56. The predicted molar refractivity (Wildman–Crippen MR) is 52.1 cm³/mol. The van der Waals surface area contributed by atoms with Gasteiger partial charge >= 0.3 is 0 Å². The largest absolute Gasteiger partial charge is 0.316 e. The summed E-state index contributed by atoms with van der Waals surface area (Å²) in [7, 11) is 0. The molecule has 2 fully saturated rings. The van der Waals surface area contributed by atoms with E-state index in [-0.39, 0.29) is 0 Å². The normalized spacial score (nSPS) is 47.0. The van der Waals surface area contributed by atoms with Crippen LogP contribution in [0.3, 0.4) is 0 Å². The summed E-state index contributed by atoms with van der Waals surface area (Å²) in [6.07, 6.45) is 4.35. The molecule has 2 aliphatic rings. The molecule has 1 N–H and O–H groups in total. The average Bonchev–Trinajstić information content (AvgIpc) is 2.34. The fraction of sp³-hybridized carbons (Fsp3) is 1.00. The Balaban J connectivity index is 1.97. The van der Waals surface area contributed by atoms with E-state index in [1.807, 2.05) is 0 Å². The maximum Gasteiger partial charge on any atom is 0.000870 e. The van der Waals surface area contributed by atoms with Crippen molar-refractivity contribution in [2.24, 2.45) is 16.7 Å². The van der Waals surface area contributed by atoms with Crippen molar-refractivity contribution in [3.05, 3.63) is 0 Å². The van der Waals surface area contributed by atoms with Crippen molar-refractivity contribution in [1.82, 2.24) is 5.32 Å². The molecule has 0 aromatic rings. The van der Waals surface area contributed by atoms with Gasteiger partial charge in [0.1, 0.15) is 0 Å². The van der Waals surface area contributed by atoms with Gasteiger partial charge in [0, 0.05) is 6.54 Å². The Labute approximate surface area is 75.9 Å². The minimum atomic E-state index is 0.659. The molecule has 0 aromatic heterocycles. The molecule has 1 nitrogen and oxygen atoms in total. The van der Waals surface area contributed by atoms with Crippen LogP contribution in [0.15, 0.2) is 0 Å². The van der Waals surface area contributed by atoms with Crippen LogP contribution in [0.4, 0.5) is 0 Å². The Morgan fingerprint density at radius 1 is 1.25 bits per heavy atom. The van der Waals surface area contributed by atoms with E-state index in [0.29, 0.717) is 5.41 Å². The van der Waals surface area contributed by atoms with Gasteiger partial charge in [0.25, 0.3) is 0 Å². The van der Waals surface area contributed by atoms with Crippen LogP contribution in [0, 0.1) is 16.7 Å². The van der Waals surface area contributed by atoms with E-state index >= 15 is 0 Å². The molecule has 1 heteroatoms. The Morgan fingerprint density at radius 3 is 2.33 bits per heavy atom. The highest BCUT2D eigenvalue weighted by molar-refractivity contribution is 5.05. The molecule has 1 saturated carbocycles. The summed E-state index contributed by atoms with van der Waals surface area (Å²) in [5.74, 6) is 0.865. The van der Waals surface area contributed by atoms with Gasteiger partial charge in [-0.1, -0.05) is 20.8 Å². The molecule has 70 valence electrons. The van der Waals surface area contributed by atoms with Gasteiger partial charge in [-0.05, 0) is 42.6 Å². The van der Waals surface area contributed by atoms with E-state index in [2.05, 4.69) is 26.1 Å². The second kappa shape index (κ2) is 2.47. The zero-order chi connectivity index (χ0) is 8.82. The minimum absolute atomic E-state index is 0.659. The van der Waals surface area contributed by atoms with Crippen molar-refractivity contribution in [2.75, 3.05) is 13.1 Å². The van der Waals surface area contributed by atoms with Crippen LogP contribution in [0.1, 0.15) is 40.0 Å². The molecule has 0 bridgehead atoms. The molecule has 0 aromatic carbocycles. The zero-order valence-corrected chi connectivity index (χ0v) is 8.61. The van der Waals surface area contributed by atoms with Crippen LogP contribution in [-0.4, -0.2) is 13.1 Å². The van der Waals surface area contributed by atoms with Crippen LogP contribution in [0.5, 0.6) is 0 Å². The van der Waals surface area contributed by atoms with Crippen molar-refractivity contribution in [1.29, 1.82) is 0 Å². The Bertz CT molecular complexity index is 167. The smallest absolute Gasteiger partial charge is 0.000870 e. The first-order valence-electron chi connectivity index (χ1n) is 5.27. The standard InChI is InChI=1S/C11H21N/c1-9(2)10(3)6-11(7-10)4-5-12-8-11/h9,12H,4-8H2,1-3H3. The Hall–Kier alpha value is -0.0400. The van der Waals surface area contributed by atoms with Crippen LogP contribution in [-0.2, 0) is 0 Å². The fourth-order valence-electron chi connectivity index (χ4n) is 3.17. The molecule has 0 amide bonds. The van der Waals surface area contributed by atoms with Gasteiger partial charge in [-0.15, -0.1) is 0 Å². The van der Waals surface area contributed by atoms with Gasteiger partial charge in [0.15, 0.2) is 0 Å². The van der Waals surface area contributed by atoms with E-state index in [9.17, 15) is 0 Å². The third-order valence-corrected chi connectivity index (χ3v) is 4.28. The zero-order valence-electron chi connectivity index (χ0n) is 8.61. The summed E-state index contributed by atoms with van der Waals surface area (Å²) >= 11 is 0. The van der Waals surface area contributed by atoms with Crippen LogP contribution < -0.4 is 5.32 Å². The monoisotopic (exact) mass is 167 g/mol. The summed E-state index contributed by atoms with van der Waals surface area (Å²) in [4.78, 5) is 0. The van der Waals surface area contributed by atoms with Crippen LogP contribution >= 0.6 is 0 Å². The van der Waals surface area contributed by atoms with Gasteiger partial charge < -0.3 is 5.32 Å². The minimum Gasteiger partial charge on any atom is -0.316 e. The molecule has 2 rings (SSSR count). The Morgan fingerprint density at radius 2 is 1.92 bits per heavy atom. The summed E-state index contributed by atoms with van der Waals surface area (Å²) in [6, 6.07) is 0. The highest BCUT2D eigenvalue weighted by Gasteiger charge is 2.53. The van der Waals surface area contributed by atoms with Gasteiger partial charge in [0.2, 0.25) is 0 Å². The van der Waals surface area contributed by atoms with Gasteiger partial charge in [-0.25, -0.2) is 0 Å². The molecule has 1 spiro atoms. The molecule has 1 saturated heterocycles. The maximum absolute atomic E-state index is 3.49. The first kappa shape index (κ1) is 8.55. The third kappa shape index (κ3) is 1.10. The van der Waals surface area contributed by atoms with E-state index in [4.69, 9.17) is 0 Å². The molecule has 12 heavy (non-hydrogen) atoms. The second-order valence-electron chi connectivity index (χ2n) is 5.59. The second-order valence-corrected chi connectivity index (χ2v) is 5.59. The molecule has 1 aliphatic carbocycles. The van der Waals surface area contributed by atoms with Gasteiger partial charge in [-0.3, -0.25) is 0 Å². The third-order valence-electron chi connectivity index (χ3n) is 4.28. The summed E-state index contributed by atoms with van der Waals surface area (Å²) in [5, 5.41) is 3.49. The van der Waals surface area contributed by atoms with Crippen molar-refractivity contribution in [3.63, 3.8) is 0 Å². The van der Waals surface area contributed by atoms with Crippen molar-refractivity contribution < 1.29 is 0 Å². The summed E-state index contributed by atoms with van der Waals surface area (Å²) in [6.45, 7) is 9.75. The molecule has 0 radical (unpaired) electrons. The quantitative estimate of drug-likeness (QED) is 0.632. The maximum atomic E-state index is 3.49. The molecule has 0 unspecified atom stereocenters. The topological polar surface area (TPSA) is 12.0 Å². The molecule has 1 heterocycles. The van der Waals surface area contributed by atoms with E-state index in [1.54, 1.807) is 0 Å². The van der Waals surface area contributed by atoms with E-state index < -0.39 is 0 Å². The van der Waals surface area contributed by atoms with Crippen LogP contribution in [0.25, 0.3) is 0 Å². The summed E-state index contributed by atoms with van der Waals surface area (Å²) in [5.41, 5.74) is 1.38. The molecule has 0 atom stereocenters. The highest BCUT2D eigenvalue weighted by atomic mass is 14.9. The number of hydrogen-bond acceptors (Lipinski definition) is 1. The van der Waals surface area contributed by atoms with Crippen LogP contribution in [0.2, 0.25) is 0 Å². The molecular weight excluding hydrogens is 146 g/mol. The summed E-state index contributed by atoms with van der Waals surface area (Å²) < 4.78 is 0. The first-order valence-corrected chi connectivity index (χ1v) is 5.27. The fourth-order valence-corrected chi connectivity index (χ4v) is 3.17. The number of nitrogens with one attached hydrogen (secondary N) is 1. The lowest BCUT2D eigenvalue weighted by Crippen LogP contribution is -2.48. The average molecular weight is 167 g/mol. The van der Waals surface area contributed by atoms with E-state index in [1.165, 1.54) is 32.4 Å².